The van der Waals surface area contributed by atoms with Crippen LogP contribution >= 0.6 is 27.5 Å². The molecule has 0 aliphatic carbocycles. The molecule has 3 N–H and O–H groups in total. The quantitative estimate of drug-likeness (QED) is 0.660. The van der Waals surface area contributed by atoms with Crippen LogP contribution in [-0.2, 0) is 13.7 Å². The second-order valence-corrected chi connectivity index (χ2v) is 5.37. The Balaban J connectivity index is 2.19. The van der Waals surface area contributed by atoms with E-state index in [9.17, 15) is 0 Å². The van der Waals surface area contributed by atoms with Gasteiger partial charge in [0.2, 0.25) is 0 Å². The molecule has 2 aromatic rings. The maximum absolute atomic E-state index is 6.10. The fraction of sp³-hybridized carbons (Fsp3) is 0.250. The molecule has 0 unspecified atom stereocenters. The molecular formula is C12H14BrClN4O. The number of aryl methyl sites for hydroxylation is 2. The van der Waals surface area contributed by atoms with Crippen molar-refractivity contribution in [3.05, 3.63) is 39.0 Å². The molecule has 0 bridgehead atoms. The Labute approximate surface area is 124 Å². The van der Waals surface area contributed by atoms with Crippen LogP contribution in [0.15, 0.2) is 22.7 Å². The summed E-state index contributed by atoms with van der Waals surface area (Å²) in [5.74, 6) is 6.83. The number of hydrogen-bond donors (Lipinski definition) is 2. The lowest BCUT2D eigenvalue weighted by Gasteiger charge is -2.09. The van der Waals surface area contributed by atoms with Crippen molar-refractivity contribution in [3.8, 4) is 5.75 Å². The maximum Gasteiger partial charge on any atom is 0.145 e. The third-order valence-corrected chi connectivity index (χ3v) is 3.54. The molecule has 0 spiro atoms. The number of ether oxygens (including phenoxy) is 1. The Bertz CT molecular complexity index is 600. The van der Waals surface area contributed by atoms with Crippen molar-refractivity contribution in [2.75, 3.05) is 5.43 Å². The number of anilines is 1. The van der Waals surface area contributed by atoms with Gasteiger partial charge in [-0.2, -0.15) is 5.10 Å². The zero-order valence-corrected chi connectivity index (χ0v) is 12.9. The van der Waals surface area contributed by atoms with Gasteiger partial charge in [0.05, 0.1) is 16.3 Å². The summed E-state index contributed by atoms with van der Waals surface area (Å²) < 4.78 is 8.30. The lowest BCUT2D eigenvalue weighted by molar-refractivity contribution is 0.306. The third-order valence-electron chi connectivity index (χ3n) is 2.75. The molecule has 102 valence electrons. The summed E-state index contributed by atoms with van der Waals surface area (Å²) in [5.41, 5.74) is 4.40. The molecule has 0 amide bonds. The first-order valence-electron chi connectivity index (χ1n) is 5.60. The summed E-state index contributed by atoms with van der Waals surface area (Å²) in [6.07, 6.45) is 0. The van der Waals surface area contributed by atoms with E-state index in [1.165, 1.54) is 0 Å². The molecule has 0 atom stereocenters. The predicted molar refractivity (Wildman–Crippen MR) is 79.2 cm³/mol. The van der Waals surface area contributed by atoms with Crippen LogP contribution in [0.2, 0.25) is 5.02 Å². The Kier molecular flexibility index (Phi) is 4.34. The van der Waals surface area contributed by atoms with Crippen LogP contribution in [0.25, 0.3) is 0 Å². The van der Waals surface area contributed by atoms with Gasteiger partial charge in [0.1, 0.15) is 18.2 Å². The second-order valence-electron chi connectivity index (χ2n) is 4.04. The van der Waals surface area contributed by atoms with E-state index in [1.54, 1.807) is 10.7 Å². The smallest absolute Gasteiger partial charge is 0.145 e. The molecule has 1 aromatic heterocycles. The molecule has 0 saturated carbocycles. The average molecular weight is 346 g/mol. The average Bonchev–Trinajstić information content (AvgIpc) is 2.62. The van der Waals surface area contributed by atoms with E-state index in [0.29, 0.717) is 17.4 Å². The van der Waals surface area contributed by atoms with Crippen LogP contribution in [-0.4, -0.2) is 9.78 Å². The van der Waals surface area contributed by atoms with Gasteiger partial charge in [-0.1, -0.05) is 27.5 Å². The minimum Gasteiger partial charge on any atom is -0.487 e. The van der Waals surface area contributed by atoms with Crippen molar-refractivity contribution in [1.29, 1.82) is 0 Å². The van der Waals surface area contributed by atoms with Crippen molar-refractivity contribution < 1.29 is 4.74 Å². The molecule has 5 nitrogen and oxygen atoms in total. The van der Waals surface area contributed by atoms with Crippen molar-refractivity contribution in [1.82, 2.24) is 9.78 Å². The molecule has 1 heterocycles. The molecule has 0 radical (unpaired) electrons. The highest BCUT2D eigenvalue weighted by Gasteiger charge is 2.13. The van der Waals surface area contributed by atoms with E-state index in [1.807, 2.05) is 26.1 Å². The van der Waals surface area contributed by atoms with Crippen LogP contribution in [0.4, 0.5) is 5.82 Å². The monoisotopic (exact) mass is 344 g/mol. The topological polar surface area (TPSA) is 65.1 Å². The first-order valence-corrected chi connectivity index (χ1v) is 6.77. The first-order chi connectivity index (χ1) is 9.02. The summed E-state index contributed by atoms with van der Waals surface area (Å²) in [5, 5.41) is 4.84. The highest BCUT2D eigenvalue weighted by atomic mass is 79.9. The van der Waals surface area contributed by atoms with Gasteiger partial charge in [-0.05, 0) is 25.1 Å². The Morgan fingerprint density at radius 2 is 2.26 bits per heavy atom. The Morgan fingerprint density at radius 3 is 2.89 bits per heavy atom. The standard InChI is InChI=1S/C12H14BrClN4O/c1-7-9(12(16-15)18(2)17-7)6-19-11-4-3-8(13)5-10(11)14/h3-5,16H,6,15H2,1-2H3. The van der Waals surface area contributed by atoms with Crippen LogP contribution in [0.1, 0.15) is 11.3 Å². The van der Waals surface area contributed by atoms with Crippen LogP contribution in [0, 0.1) is 6.92 Å². The highest BCUT2D eigenvalue weighted by Crippen LogP contribution is 2.29. The highest BCUT2D eigenvalue weighted by molar-refractivity contribution is 9.10. The molecule has 19 heavy (non-hydrogen) atoms. The number of nitrogens with zero attached hydrogens (tertiary/aromatic N) is 2. The number of nitrogens with two attached hydrogens (primary N) is 1. The van der Waals surface area contributed by atoms with Gasteiger partial charge in [0.15, 0.2) is 0 Å². The van der Waals surface area contributed by atoms with Gasteiger partial charge >= 0.3 is 0 Å². The maximum atomic E-state index is 6.10. The lowest BCUT2D eigenvalue weighted by Crippen LogP contribution is -2.13. The molecule has 2 rings (SSSR count). The van der Waals surface area contributed by atoms with E-state index >= 15 is 0 Å². The normalized spacial score (nSPS) is 10.6. The minimum absolute atomic E-state index is 0.348. The van der Waals surface area contributed by atoms with Crippen molar-refractivity contribution in [2.45, 2.75) is 13.5 Å². The molecule has 7 heteroatoms. The van der Waals surface area contributed by atoms with Crippen molar-refractivity contribution in [3.63, 3.8) is 0 Å². The third kappa shape index (κ3) is 3.02. The molecule has 1 aromatic carbocycles. The van der Waals surface area contributed by atoms with Crippen molar-refractivity contribution >= 4 is 33.3 Å². The minimum atomic E-state index is 0.348. The number of nitrogen functional groups attached to an aromatic ring is 1. The second kappa shape index (κ2) is 5.81. The zero-order valence-electron chi connectivity index (χ0n) is 10.6. The number of benzene rings is 1. The van der Waals surface area contributed by atoms with E-state index in [4.69, 9.17) is 22.2 Å². The summed E-state index contributed by atoms with van der Waals surface area (Å²) in [6.45, 7) is 2.25. The number of rotatable bonds is 4. The summed E-state index contributed by atoms with van der Waals surface area (Å²) >= 11 is 9.45. The fourth-order valence-electron chi connectivity index (χ4n) is 1.80. The summed E-state index contributed by atoms with van der Waals surface area (Å²) in [6, 6.07) is 5.47. The summed E-state index contributed by atoms with van der Waals surface area (Å²) in [7, 11) is 1.82. The fourth-order valence-corrected chi connectivity index (χ4v) is 2.53. The van der Waals surface area contributed by atoms with Crippen molar-refractivity contribution in [2.24, 2.45) is 12.9 Å². The van der Waals surface area contributed by atoms with Gasteiger partial charge in [0.25, 0.3) is 0 Å². The number of hydrazine groups is 1. The van der Waals surface area contributed by atoms with Gasteiger partial charge in [-0.25, -0.2) is 5.84 Å². The van der Waals surface area contributed by atoms with E-state index in [-0.39, 0.29) is 0 Å². The van der Waals surface area contributed by atoms with E-state index in [0.717, 1.165) is 21.5 Å². The molecule has 0 aliphatic rings. The number of halogens is 2. The molecular weight excluding hydrogens is 332 g/mol. The zero-order chi connectivity index (χ0) is 14.0. The lowest BCUT2D eigenvalue weighted by atomic mass is 10.2. The van der Waals surface area contributed by atoms with Crippen LogP contribution < -0.4 is 16.0 Å². The van der Waals surface area contributed by atoms with Gasteiger partial charge in [-0.15, -0.1) is 0 Å². The van der Waals surface area contributed by atoms with E-state index < -0.39 is 0 Å². The van der Waals surface area contributed by atoms with E-state index in [2.05, 4.69) is 26.5 Å². The molecule has 0 saturated heterocycles. The first kappa shape index (κ1) is 14.2. The molecule has 0 aliphatic heterocycles. The molecule has 0 fully saturated rings. The van der Waals surface area contributed by atoms with Gasteiger partial charge in [-0.3, -0.25) is 4.68 Å². The number of nitrogens with one attached hydrogen (secondary N) is 1. The van der Waals surface area contributed by atoms with Gasteiger partial charge in [0, 0.05) is 11.5 Å². The number of hydrogen-bond acceptors (Lipinski definition) is 4. The summed E-state index contributed by atoms with van der Waals surface area (Å²) in [4.78, 5) is 0. The predicted octanol–water partition coefficient (Wildman–Crippen LogP) is 3.01. The SMILES string of the molecule is Cc1nn(C)c(NN)c1COc1ccc(Br)cc1Cl. The van der Waals surface area contributed by atoms with Crippen LogP contribution in [0.5, 0.6) is 5.75 Å². The van der Waals surface area contributed by atoms with Crippen LogP contribution in [0.3, 0.4) is 0 Å². The van der Waals surface area contributed by atoms with Gasteiger partial charge < -0.3 is 10.2 Å². The Hall–Kier alpha value is -1.24. The largest absolute Gasteiger partial charge is 0.487 e. The Morgan fingerprint density at radius 1 is 1.53 bits per heavy atom. The number of aromatic nitrogens is 2.